The van der Waals surface area contributed by atoms with Crippen molar-refractivity contribution < 1.29 is 18.9 Å². The van der Waals surface area contributed by atoms with Crippen molar-refractivity contribution >= 4 is 17.6 Å². The number of urea groups is 1. The Morgan fingerprint density at radius 1 is 1.40 bits per heavy atom. The van der Waals surface area contributed by atoms with Gasteiger partial charge in [-0.05, 0) is 25.5 Å². The van der Waals surface area contributed by atoms with Crippen LogP contribution >= 0.6 is 0 Å². The lowest BCUT2D eigenvalue weighted by Gasteiger charge is -2.15. The van der Waals surface area contributed by atoms with Crippen LogP contribution in [-0.4, -0.2) is 27.3 Å². The van der Waals surface area contributed by atoms with Crippen LogP contribution in [0.25, 0.3) is 0 Å². The Balaban J connectivity index is 2.23. The van der Waals surface area contributed by atoms with E-state index in [0.29, 0.717) is 5.56 Å². The Kier molecular flexibility index (Phi) is 3.16. The van der Waals surface area contributed by atoms with Gasteiger partial charge in [0, 0.05) is 6.07 Å². The monoisotopic (exact) mass is 281 g/mol. The van der Waals surface area contributed by atoms with Crippen LogP contribution in [0.15, 0.2) is 18.2 Å². The van der Waals surface area contributed by atoms with Gasteiger partial charge in [0.15, 0.2) is 0 Å². The number of nitrogens with one attached hydrogen (secondary N) is 1. The molecule has 7 nitrogen and oxygen atoms in total. The number of amides is 3. The van der Waals surface area contributed by atoms with Gasteiger partial charge in [0.25, 0.3) is 5.91 Å². The van der Waals surface area contributed by atoms with E-state index in [9.17, 15) is 24.1 Å². The minimum Gasteiger partial charge on any atom is -0.324 e. The van der Waals surface area contributed by atoms with Gasteiger partial charge in [-0.2, -0.15) is 4.39 Å². The first-order chi connectivity index (χ1) is 9.22. The molecule has 1 aliphatic rings. The van der Waals surface area contributed by atoms with Crippen LogP contribution in [0.5, 0.6) is 0 Å². The third kappa shape index (κ3) is 2.31. The number of halogens is 1. The molecule has 0 bridgehead atoms. The van der Waals surface area contributed by atoms with E-state index in [1.165, 1.54) is 6.07 Å². The molecule has 106 valence electrons. The second-order valence-corrected chi connectivity index (χ2v) is 4.99. The van der Waals surface area contributed by atoms with Crippen molar-refractivity contribution in [3.63, 3.8) is 0 Å². The first-order valence-corrected chi connectivity index (χ1v) is 5.79. The van der Waals surface area contributed by atoms with Crippen LogP contribution in [0.3, 0.4) is 0 Å². The summed E-state index contributed by atoms with van der Waals surface area (Å²) >= 11 is 0. The molecule has 20 heavy (non-hydrogen) atoms. The molecule has 1 fully saturated rings. The van der Waals surface area contributed by atoms with Gasteiger partial charge in [0.2, 0.25) is 5.82 Å². The predicted octanol–water partition coefficient (Wildman–Crippen LogP) is 1.56. The summed E-state index contributed by atoms with van der Waals surface area (Å²) in [5.41, 5.74) is -1.35. The third-order valence-electron chi connectivity index (χ3n) is 2.99. The van der Waals surface area contributed by atoms with Crippen molar-refractivity contribution in [2.24, 2.45) is 0 Å². The highest BCUT2D eigenvalue weighted by Crippen LogP contribution is 2.22. The van der Waals surface area contributed by atoms with Gasteiger partial charge >= 0.3 is 11.7 Å². The zero-order valence-electron chi connectivity index (χ0n) is 10.8. The van der Waals surface area contributed by atoms with E-state index < -0.39 is 33.9 Å². The van der Waals surface area contributed by atoms with Crippen molar-refractivity contribution in [2.75, 3.05) is 0 Å². The number of carbonyl (C=O) groups is 2. The zero-order valence-corrected chi connectivity index (χ0v) is 10.8. The normalized spacial score (nSPS) is 17.2. The maximum Gasteiger partial charge on any atom is 0.325 e. The van der Waals surface area contributed by atoms with Gasteiger partial charge in [-0.1, -0.05) is 6.07 Å². The van der Waals surface area contributed by atoms with Crippen molar-refractivity contribution in [3.8, 4) is 0 Å². The number of nitro groups is 1. The first-order valence-electron chi connectivity index (χ1n) is 5.79. The number of nitro benzene ring substituents is 1. The molecule has 0 aliphatic carbocycles. The van der Waals surface area contributed by atoms with Crippen LogP contribution < -0.4 is 5.32 Å². The summed E-state index contributed by atoms with van der Waals surface area (Å²) in [5, 5.41) is 13.0. The third-order valence-corrected chi connectivity index (χ3v) is 2.99. The van der Waals surface area contributed by atoms with E-state index in [-0.39, 0.29) is 6.54 Å². The molecule has 2 rings (SSSR count). The van der Waals surface area contributed by atoms with Crippen molar-refractivity contribution in [1.29, 1.82) is 0 Å². The topological polar surface area (TPSA) is 92.6 Å². The lowest BCUT2D eigenvalue weighted by molar-refractivity contribution is -0.387. The molecule has 0 unspecified atom stereocenters. The molecule has 1 aromatic rings. The molecule has 1 aliphatic heterocycles. The second kappa shape index (κ2) is 4.55. The molecule has 0 radical (unpaired) electrons. The molecular weight excluding hydrogens is 269 g/mol. The number of rotatable bonds is 3. The number of nitrogens with zero attached hydrogens (tertiary/aromatic N) is 2. The van der Waals surface area contributed by atoms with Crippen LogP contribution in [0.4, 0.5) is 14.9 Å². The maximum atomic E-state index is 13.5. The lowest BCUT2D eigenvalue weighted by atomic mass is 10.1. The summed E-state index contributed by atoms with van der Waals surface area (Å²) in [5.74, 6) is -1.43. The molecule has 8 heteroatoms. The Morgan fingerprint density at radius 2 is 2.05 bits per heavy atom. The Morgan fingerprint density at radius 3 is 2.50 bits per heavy atom. The minimum absolute atomic E-state index is 0.136. The lowest BCUT2D eigenvalue weighted by Crippen LogP contribution is -2.40. The minimum atomic E-state index is -1.00. The van der Waals surface area contributed by atoms with Crippen LogP contribution in [0.1, 0.15) is 19.4 Å². The average Bonchev–Trinajstić information content (AvgIpc) is 2.51. The van der Waals surface area contributed by atoms with E-state index >= 15 is 0 Å². The first kappa shape index (κ1) is 13.9. The summed E-state index contributed by atoms with van der Waals surface area (Å²) in [6.07, 6.45) is 0. The summed E-state index contributed by atoms with van der Waals surface area (Å²) in [7, 11) is 0. The molecule has 0 atom stereocenters. The maximum absolute atomic E-state index is 13.5. The van der Waals surface area contributed by atoms with E-state index in [1.54, 1.807) is 13.8 Å². The van der Waals surface area contributed by atoms with Crippen LogP contribution in [-0.2, 0) is 11.3 Å². The molecule has 1 aromatic carbocycles. The van der Waals surface area contributed by atoms with Gasteiger partial charge in [0.05, 0.1) is 11.5 Å². The molecule has 3 amide bonds. The van der Waals surface area contributed by atoms with Crippen molar-refractivity contribution in [2.45, 2.75) is 25.9 Å². The number of hydrogen-bond donors (Lipinski definition) is 1. The van der Waals surface area contributed by atoms with E-state index in [2.05, 4.69) is 5.32 Å². The van der Waals surface area contributed by atoms with Gasteiger partial charge < -0.3 is 5.32 Å². The summed E-state index contributed by atoms with van der Waals surface area (Å²) in [6, 6.07) is 2.70. The largest absolute Gasteiger partial charge is 0.325 e. The fourth-order valence-electron chi connectivity index (χ4n) is 1.94. The molecule has 0 saturated carbocycles. The number of hydrogen-bond acceptors (Lipinski definition) is 4. The Labute approximate surface area is 113 Å². The highest BCUT2D eigenvalue weighted by atomic mass is 19.1. The van der Waals surface area contributed by atoms with Crippen molar-refractivity contribution in [1.82, 2.24) is 10.2 Å². The molecule has 0 spiro atoms. The average molecular weight is 281 g/mol. The van der Waals surface area contributed by atoms with E-state index in [4.69, 9.17) is 0 Å². The van der Waals surface area contributed by atoms with Gasteiger partial charge in [0.1, 0.15) is 5.54 Å². The number of benzene rings is 1. The fraction of sp³-hybridized carbons (Fsp3) is 0.333. The van der Waals surface area contributed by atoms with Crippen molar-refractivity contribution in [3.05, 3.63) is 39.7 Å². The van der Waals surface area contributed by atoms with Crippen LogP contribution in [0, 0.1) is 15.9 Å². The predicted molar refractivity (Wildman–Crippen MR) is 66.2 cm³/mol. The summed E-state index contributed by atoms with van der Waals surface area (Å²) in [4.78, 5) is 34.2. The fourth-order valence-corrected chi connectivity index (χ4v) is 1.94. The van der Waals surface area contributed by atoms with Crippen LogP contribution in [0.2, 0.25) is 0 Å². The highest BCUT2D eigenvalue weighted by Gasteiger charge is 2.44. The quantitative estimate of drug-likeness (QED) is 0.517. The standard InChI is InChI=1S/C12H12FN3O4/c1-12(2)10(17)15(11(18)14-12)6-7-3-4-9(16(19)20)8(13)5-7/h3-5H,6H2,1-2H3,(H,14,18). The second-order valence-electron chi connectivity index (χ2n) is 4.99. The van der Waals surface area contributed by atoms with Gasteiger partial charge in [-0.25, -0.2) is 4.79 Å². The summed E-state index contributed by atoms with van der Waals surface area (Å²) < 4.78 is 13.5. The van der Waals surface area contributed by atoms with E-state index in [0.717, 1.165) is 17.0 Å². The Bertz CT molecular complexity index is 615. The molecule has 1 saturated heterocycles. The summed E-state index contributed by atoms with van der Waals surface area (Å²) in [6.45, 7) is 2.98. The molecular formula is C12H12FN3O4. The van der Waals surface area contributed by atoms with Gasteiger partial charge in [-0.3, -0.25) is 19.8 Å². The zero-order chi connectivity index (χ0) is 15.1. The SMILES string of the molecule is CC1(C)NC(=O)N(Cc2ccc([N+](=O)[O-])c(F)c2)C1=O. The highest BCUT2D eigenvalue weighted by molar-refractivity contribution is 6.06. The van der Waals surface area contributed by atoms with E-state index in [1.807, 2.05) is 0 Å². The molecule has 1 heterocycles. The molecule has 1 N–H and O–H groups in total. The number of imide groups is 1. The Hall–Kier alpha value is -2.51. The van der Waals surface area contributed by atoms with Gasteiger partial charge in [-0.15, -0.1) is 0 Å². The number of carbonyl (C=O) groups excluding carboxylic acids is 2. The molecule has 0 aromatic heterocycles. The smallest absolute Gasteiger partial charge is 0.324 e.